The maximum Gasteiger partial charge on any atom is 0.353 e. The smallest absolute Gasteiger partial charge is 0.353 e. The Bertz CT molecular complexity index is 968. The van der Waals surface area contributed by atoms with Gasteiger partial charge in [-0.15, -0.1) is 0 Å². The molecule has 3 rings (SSSR count). The molecule has 0 atom stereocenters. The van der Waals surface area contributed by atoms with Crippen LogP contribution in [-0.2, 0) is 20.7 Å². The number of carbonyl (C=O) groups is 2. The highest BCUT2D eigenvalue weighted by molar-refractivity contribution is 5.75. The Hall–Kier alpha value is -3.49. The molecule has 0 saturated carbocycles. The Morgan fingerprint density at radius 3 is 2.47 bits per heavy atom. The number of carbonyl (C=O) groups excluding carboxylic acids is 2. The van der Waals surface area contributed by atoms with E-state index in [1.807, 2.05) is 17.0 Å². The summed E-state index contributed by atoms with van der Waals surface area (Å²) in [5.41, 5.74) is 0.782. The molecule has 1 saturated heterocycles. The van der Waals surface area contributed by atoms with Gasteiger partial charge in [0, 0.05) is 31.8 Å². The fourth-order valence-electron chi connectivity index (χ4n) is 3.67. The third-order valence-electron chi connectivity index (χ3n) is 5.38. The van der Waals surface area contributed by atoms with E-state index in [2.05, 4.69) is 4.98 Å². The first-order chi connectivity index (χ1) is 15.4. The van der Waals surface area contributed by atoms with Gasteiger partial charge in [0.25, 0.3) is 0 Å². The number of aromatic nitrogens is 1. The zero-order valence-electron chi connectivity index (χ0n) is 18.3. The Kier molecular flexibility index (Phi) is 7.75. The van der Waals surface area contributed by atoms with Gasteiger partial charge in [0.1, 0.15) is 11.5 Å². The Morgan fingerprint density at radius 2 is 1.88 bits per heavy atom. The summed E-state index contributed by atoms with van der Waals surface area (Å²) >= 11 is 0. The molecule has 170 valence electrons. The van der Waals surface area contributed by atoms with Gasteiger partial charge in [-0.3, -0.25) is 14.9 Å². The molecule has 0 aliphatic carbocycles. The van der Waals surface area contributed by atoms with Crippen LogP contribution in [0.25, 0.3) is 0 Å². The van der Waals surface area contributed by atoms with E-state index in [-0.39, 0.29) is 34.9 Å². The van der Waals surface area contributed by atoms with Crippen molar-refractivity contribution in [1.82, 2.24) is 4.98 Å². The van der Waals surface area contributed by atoms with Gasteiger partial charge in [-0.05, 0) is 50.8 Å². The number of Topliss-reactive ketones (excluding diaryl/α,β-unsaturated/α-hetero) is 1. The molecule has 1 fully saturated rings. The van der Waals surface area contributed by atoms with Crippen LogP contribution < -0.4 is 9.64 Å². The van der Waals surface area contributed by atoms with Crippen LogP contribution in [-0.4, -0.2) is 41.4 Å². The van der Waals surface area contributed by atoms with Gasteiger partial charge in [0.15, 0.2) is 0 Å². The molecule has 1 aromatic heterocycles. The third kappa shape index (κ3) is 5.81. The van der Waals surface area contributed by atoms with Crippen molar-refractivity contribution in [2.45, 2.75) is 39.5 Å². The lowest BCUT2D eigenvalue weighted by molar-refractivity contribution is -0.385. The number of hydrogen-bond donors (Lipinski definition) is 0. The molecule has 9 nitrogen and oxygen atoms in total. The van der Waals surface area contributed by atoms with Crippen molar-refractivity contribution >= 4 is 23.3 Å². The molecule has 1 aromatic carbocycles. The largest absolute Gasteiger partial charge is 0.466 e. The molecule has 1 aliphatic rings. The number of ether oxygens (including phenoxy) is 2. The second kappa shape index (κ2) is 10.7. The molecule has 0 radical (unpaired) electrons. The maximum atomic E-state index is 12.0. The predicted molar refractivity (Wildman–Crippen MR) is 118 cm³/mol. The second-order valence-corrected chi connectivity index (χ2v) is 7.70. The van der Waals surface area contributed by atoms with Gasteiger partial charge in [-0.1, -0.05) is 12.1 Å². The van der Waals surface area contributed by atoms with Gasteiger partial charge < -0.3 is 19.2 Å². The van der Waals surface area contributed by atoms with Gasteiger partial charge in [-0.2, -0.15) is 0 Å². The first-order valence-electron chi connectivity index (χ1n) is 10.7. The van der Waals surface area contributed by atoms with E-state index in [9.17, 15) is 19.7 Å². The van der Waals surface area contributed by atoms with Crippen LogP contribution in [0.3, 0.4) is 0 Å². The maximum absolute atomic E-state index is 12.0. The summed E-state index contributed by atoms with van der Waals surface area (Å²) in [4.78, 5) is 40.6. The Labute approximate surface area is 186 Å². The fourth-order valence-corrected chi connectivity index (χ4v) is 3.67. The van der Waals surface area contributed by atoms with E-state index >= 15 is 0 Å². The zero-order valence-corrected chi connectivity index (χ0v) is 18.3. The van der Waals surface area contributed by atoms with Crippen LogP contribution in [0.1, 0.15) is 38.7 Å². The number of anilines is 1. The van der Waals surface area contributed by atoms with E-state index in [4.69, 9.17) is 9.47 Å². The monoisotopic (exact) mass is 441 g/mol. The average Bonchev–Trinajstić information content (AvgIpc) is 2.78. The van der Waals surface area contributed by atoms with E-state index < -0.39 is 4.92 Å². The van der Waals surface area contributed by atoms with E-state index in [1.165, 1.54) is 12.3 Å². The third-order valence-corrected chi connectivity index (χ3v) is 5.38. The highest BCUT2D eigenvalue weighted by atomic mass is 16.6. The minimum Gasteiger partial charge on any atom is -0.466 e. The van der Waals surface area contributed by atoms with Crippen molar-refractivity contribution in [3.63, 3.8) is 0 Å². The van der Waals surface area contributed by atoms with Crippen LogP contribution in [0.15, 0.2) is 36.5 Å². The van der Waals surface area contributed by atoms with E-state index in [1.54, 1.807) is 26.0 Å². The summed E-state index contributed by atoms with van der Waals surface area (Å²) in [6, 6.07) is 8.60. The van der Waals surface area contributed by atoms with Crippen molar-refractivity contribution < 1.29 is 24.0 Å². The van der Waals surface area contributed by atoms with Crippen LogP contribution >= 0.6 is 0 Å². The molecule has 0 bridgehead atoms. The number of ketones is 1. The number of hydrogen-bond acceptors (Lipinski definition) is 8. The highest BCUT2D eigenvalue weighted by Crippen LogP contribution is 2.39. The number of aryl methyl sites for hydroxylation is 1. The molecule has 2 aromatic rings. The van der Waals surface area contributed by atoms with Crippen LogP contribution in [0.2, 0.25) is 0 Å². The number of nitro groups is 1. The molecule has 9 heteroatoms. The second-order valence-electron chi connectivity index (χ2n) is 7.70. The predicted octanol–water partition coefficient (Wildman–Crippen LogP) is 4.08. The summed E-state index contributed by atoms with van der Waals surface area (Å²) in [5, 5.41) is 11.9. The topological polar surface area (TPSA) is 112 Å². The lowest BCUT2D eigenvalue weighted by Gasteiger charge is -2.31. The molecule has 2 heterocycles. The zero-order chi connectivity index (χ0) is 23.1. The Balaban J connectivity index is 1.75. The fraction of sp³-hybridized carbons (Fsp3) is 0.435. The first kappa shape index (κ1) is 23.2. The first-order valence-corrected chi connectivity index (χ1v) is 10.7. The number of rotatable bonds is 9. The number of esters is 1. The Morgan fingerprint density at radius 1 is 1.19 bits per heavy atom. The van der Waals surface area contributed by atoms with Crippen LogP contribution in [0, 0.1) is 16.0 Å². The quantitative estimate of drug-likeness (QED) is 0.325. The minimum absolute atomic E-state index is 0.101. The van der Waals surface area contributed by atoms with Gasteiger partial charge >= 0.3 is 11.7 Å². The molecule has 1 aliphatic heterocycles. The number of nitrogens with zero attached hydrogens (tertiary/aromatic N) is 3. The molecule has 0 amide bonds. The molecule has 0 N–H and O–H groups in total. The lowest BCUT2D eigenvalue weighted by Crippen LogP contribution is -2.37. The van der Waals surface area contributed by atoms with Gasteiger partial charge in [0.2, 0.25) is 11.6 Å². The average molecular weight is 441 g/mol. The normalized spacial score (nSPS) is 14.1. The lowest BCUT2D eigenvalue weighted by atomic mass is 9.97. The van der Waals surface area contributed by atoms with Crippen molar-refractivity contribution in [2.75, 3.05) is 24.6 Å². The number of pyridine rings is 1. The van der Waals surface area contributed by atoms with Crippen LogP contribution in [0.4, 0.5) is 11.5 Å². The molecular formula is C23H27N3O6. The summed E-state index contributed by atoms with van der Waals surface area (Å²) in [6.45, 7) is 4.59. The minimum atomic E-state index is -0.490. The van der Waals surface area contributed by atoms with E-state index in [0.717, 1.165) is 5.56 Å². The molecule has 32 heavy (non-hydrogen) atoms. The van der Waals surface area contributed by atoms with Crippen molar-refractivity contribution in [1.29, 1.82) is 0 Å². The number of benzene rings is 1. The molecule has 0 spiro atoms. The van der Waals surface area contributed by atoms with Crippen LogP contribution in [0.5, 0.6) is 11.5 Å². The summed E-state index contributed by atoms with van der Waals surface area (Å²) in [5.74, 6) is 0.482. The van der Waals surface area contributed by atoms with Gasteiger partial charge in [0.05, 0.1) is 17.4 Å². The van der Waals surface area contributed by atoms with Gasteiger partial charge in [-0.25, -0.2) is 4.98 Å². The van der Waals surface area contributed by atoms with Crippen molar-refractivity contribution in [2.24, 2.45) is 5.92 Å². The standard InChI is InChI=1S/C23H27N3O6/c1-3-31-23(28)18-11-14-25(15-12-18)22-21(26(29)30)20(10-13-24-22)32-19-8-6-17(7-9-19)5-4-16(2)27/h6-10,13,18H,3-5,11-12,14-15H2,1-2H3. The highest BCUT2D eigenvalue weighted by Gasteiger charge is 2.32. The molecular weight excluding hydrogens is 414 g/mol. The summed E-state index contributed by atoms with van der Waals surface area (Å²) in [7, 11) is 0. The summed E-state index contributed by atoms with van der Waals surface area (Å²) < 4.78 is 10.9. The van der Waals surface area contributed by atoms with Crippen molar-refractivity contribution in [3.8, 4) is 11.5 Å². The summed E-state index contributed by atoms with van der Waals surface area (Å²) in [6.07, 6.45) is 3.68. The van der Waals surface area contributed by atoms with E-state index in [0.29, 0.717) is 51.1 Å². The molecule has 0 unspecified atom stereocenters. The van der Waals surface area contributed by atoms with Crippen molar-refractivity contribution in [3.05, 3.63) is 52.2 Å². The SMILES string of the molecule is CCOC(=O)C1CCN(c2nccc(Oc3ccc(CCC(C)=O)cc3)c2[N+](=O)[O-])CC1. The number of piperidine rings is 1.